The van der Waals surface area contributed by atoms with Crippen LogP contribution >= 0.6 is 0 Å². The molecule has 1 fully saturated rings. The summed E-state index contributed by atoms with van der Waals surface area (Å²) in [6.45, 7) is 3.22. The normalized spacial score (nSPS) is 27.9. The molecule has 1 saturated heterocycles. The van der Waals surface area contributed by atoms with Gasteiger partial charge in [-0.1, -0.05) is 0 Å². The number of ether oxygens (including phenoxy) is 1. The van der Waals surface area contributed by atoms with Gasteiger partial charge in [-0.2, -0.15) is 0 Å². The lowest BCUT2D eigenvalue weighted by molar-refractivity contribution is 0.413. The van der Waals surface area contributed by atoms with Gasteiger partial charge in [0.25, 0.3) is 0 Å². The molecule has 11 heteroatoms. The minimum Gasteiger partial charge on any atom is -0.495 e. The number of rotatable bonds is 4. The Kier molecular flexibility index (Phi) is 4.61. The maximum absolute atomic E-state index is 15.1. The second-order valence-corrected chi connectivity index (χ2v) is 11.3. The van der Waals surface area contributed by atoms with E-state index in [1.54, 1.807) is 38.2 Å². The molecule has 2 aliphatic rings. The second-order valence-electron chi connectivity index (χ2n) is 8.73. The Balaban J connectivity index is 1.59. The molecule has 0 aliphatic carbocycles. The van der Waals surface area contributed by atoms with Crippen molar-refractivity contribution in [2.45, 2.75) is 42.2 Å². The molecular formula is C22H23FN6O3S. The van der Waals surface area contributed by atoms with Crippen LogP contribution in [0, 0.1) is 5.82 Å². The van der Waals surface area contributed by atoms with Crippen LogP contribution in [-0.4, -0.2) is 46.3 Å². The number of methoxy groups -OCH3 is 1. The molecule has 3 atom stereocenters. The fourth-order valence-electron chi connectivity index (χ4n) is 4.81. The molecule has 172 valence electrons. The predicted octanol–water partition coefficient (Wildman–Crippen LogP) is 2.84. The molecule has 2 aromatic heterocycles. The summed E-state index contributed by atoms with van der Waals surface area (Å²) in [5, 5.41) is 2.28. The molecule has 0 spiro atoms. The van der Waals surface area contributed by atoms with Gasteiger partial charge in [-0.15, -0.1) is 0 Å². The number of aromatic nitrogens is 3. The van der Waals surface area contributed by atoms with E-state index in [-0.39, 0.29) is 11.4 Å². The first-order chi connectivity index (χ1) is 15.6. The van der Waals surface area contributed by atoms with Crippen molar-refractivity contribution in [1.82, 2.24) is 15.0 Å². The molecule has 1 aromatic carbocycles. The summed E-state index contributed by atoms with van der Waals surface area (Å²) in [6.07, 6.45) is 3.66. The lowest BCUT2D eigenvalue weighted by Crippen LogP contribution is -2.55. The van der Waals surface area contributed by atoms with Gasteiger partial charge in [0.15, 0.2) is 15.7 Å². The summed E-state index contributed by atoms with van der Waals surface area (Å²) in [5.41, 5.74) is 6.52. The van der Waals surface area contributed by atoms with Gasteiger partial charge in [0.1, 0.15) is 39.5 Å². The summed E-state index contributed by atoms with van der Waals surface area (Å²) in [4.78, 5) is 17.4. The molecule has 0 unspecified atom stereocenters. The molecule has 3 aromatic rings. The first kappa shape index (κ1) is 21.5. The molecule has 0 radical (unpaired) electrons. The summed E-state index contributed by atoms with van der Waals surface area (Å²) in [7, 11) is -2.10. The van der Waals surface area contributed by atoms with Crippen molar-refractivity contribution in [2.75, 3.05) is 12.4 Å². The molecule has 0 amide bonds. The van der Waals surface area contributed by atoms with Crippen LogP contribution in [0.15, 0.2) is 41.8 Å². The summed E-state index contributed by atoms with van der Waals surface area (Å²) in [5.74, 6) is 0.442. The monoisotopic (exact) mass is 470 g/mol. The molecule has 2 bridgehead atoms. The van der Waals surface area contributed by atoms with E-state index in [0.717, 1.165) is 0 Å². The summed E-state index contributed by atoms with van der Waals surface area (Å²) in [6, 6.07) is 6.11. The first-order valence-corrected chi connectivity index (χ1v) is 12.0. The molecule has 33 heavy (non-hydrogen) atoms. The van der Waals surface area contributed by atoms with E-state index in [4.69, 9.17) is 10.5 Å². The van der Waals surface area contributed by atoms with Gasteiger partial charge >= 0.3 is 0 Å². The highest BCUT2D eigenvalue weighted by Gasteiger charge is 2.63. The maximum atomic E-state index is 15.1. The van der Waals surface area contributed by atoms with Crippen LogP contribution in [0.5, 0.6) is 5.75 Å². The van der Waals surface area contributed by atoms with E-state index in [1.165, 1.54) is 19.5 Å². The van der Waals surface area contributed by atoms with Crippen LogP contribution in [0.25, 0.3) is 11.0 Å². The number of amidine groups is 1. The lowest BCUT2D eigenvalue weighted by atomic mass is 9.86. The largest absolute Gasteiger partial charge is 0.495 e. The van der Waals surface area contributed by atoms with Gasteiger partial charge in [-0.25, -0.2) is 27.8 Å². The van der Waals surface area contributed by atoms with E-state index in [9.17, 15) is 8.42 Å². The Labute approximate surface area is 190 Å². The number of nitrogens with two attached hydrogens (primary N) is 1. The number of pyridine rings is 1. The zero-order valence-electron chi connectivity index (χ0n) is 18.3. The van der Waals surface area contributed by atoms with Crippen LogP contribution in [0.4, 0.5) is 15.9 Å². The molecule has 4 heterocycles. The van der Waals surface area contributed by atoms with Crippen LogP contribution < -0.4 is 15.8 Å². The average Bonchev–Trinajstić information content (AvgIpc) is 2.97. The maximum Gasteiger partial charge on any atom is 0.168 e. The molecule has 3 N–H and O–H groups in total. The zero-order valence-corrected chi connectivity index (χ0v) is 19.1. The Hall–Kier alpha value is -3.34. The number of benzene rings is 1. The Morgan fingerprint density at radius 3 is 2.76 bits per heavy atom. The number of hydrogen-bond acceptors (Lipinski definition) is 9. The van der Waals surface area contributed by atoms with Gasteiger partial charge in [0.05, 0.1) is 24.1 Å². The van der Waals surface area contributed by atoms with Crippen molar-refractivity contribution in [3.05, 3.63) is 48.2 Å². The van der Waals surface area contributed by atoms with E-state index >= 15 is 4.39 Å². The standard InChI is InChI=1S/C22H23FN6O3S/c1-21-7-6-17(33(21,30)31)22(2,29-20(21)24)14-8-12(4-5-15(14)23)28-19-18-16(26-11-27-19)9-13(32-3)10-25-18/h4-5,8-11,17H,6-7H2,1-3H3,(H2,24,29)(H,26,27,28)/t17-,21+,22+/m0/s1. The fourth-order valence-corrected chi connectivity index (χ4v) is 7.38. The van der Waals surface area contributed by atoms with Crippen molar-refractivity contribution in [3.63, 3.8) is 0 Å². The second kappa shape index (κ2) is 7.08. The highest BCUT2D eigenvalue weighted by atomic mass is 32.2. The van der Waals surface area contributed by atoms with Crippen molar-refractivity contribution in [3.8, 4) is 5.75 Å². The number of anilines is 2. The van der Waals surface area contributed by atoms with Crippen molar-refractivity contribution < 1.29 is 17.5 Å². The van der Waals surface area contributed by atoms with Crippen LogP contribution in [0.3, 0.4) is 0 Å². The molecule has 2 aliphatic heterocycles. The lowest BCUT2D eigenvalue weighted by Gasteiger charge is -2.39. The van der Waals surface area contributed by atoms with Gasteiger partial charge in [0.2, 0.25) is 0 Å². The highest BCUT2D eigenvalue weighted by molar-refractivity contribution is 7.94. The summed E-state index contributed by atoms with van der Waals surface area (Å²) < 4.78 is 45.6. The van der Waals surface area contributed by atoms with Crippen molar-refractivity contribution >= 4 is 38.2 Å². The molecule has 5 rings (SSSR count). The highest BCUT2D eigenvalue weighted by Crippen LogP contribution is 2.51. The topological polar surface area (TPSA) is 132 Å². The van der Waals surface area contributed by atoms with E-state index in [2.05, 4.69) is 25.3 Å². The predicted molar refractivity (Wildman–Crippen MR) is 123 cm³/mol. The van der Waals surface area contributed by atoms with E-state index in [1.807, 2.05) is 0 Å². The van der Waals surface area contributed by atoms with Gasteiger partial charge in [-0.3, -0.25) is 4.99 Å². The Bertz CT molecular complexity index is 1430. The van der Waals surface area contributed by atoms with Gasteiger partial charge < -0.3 is 15.8 Å². The first-order valence-electron chi connectivity index (χ1n) is 10.4. The zero-order chi connectivity index (χ0) is 23.6. The van der Waals surface area contributed by atoms with Crippen LogP contribution in [0.1, 0.15) is 32.3 Å². The smallest absolute Gasteiger partial charge is 0.168 e. The summed E-state index contributed by atoms with van der Waals surface area (Å²) >= 11 is 0. The minimum absolute atomic E-state index is 0.0245. The van der Waals surface area contributed by atoms with Crippen molar-refractivity contribution in [1.29, 1.82) is 0 Å². The number of aliphatic imine (C=N–C) groups is 1. The third kappa shape index (κ3) is 2.98. The van der Waals surface area contributed by atoms with E-state index < -0.39 is 31.2 Å². The minimum atomic E-state index is -3.64. The molecule has 9 nitrogen and oxygen atoms in total. The number of nitrogens with one attached hydrogen (secondary N) is 1. The van der Waals surface area contributed by atoms with E-state index in [0.29, 0.717) is 41.1 Å². The quantitative estimate of drug-likeness (QED) is 0.595. The molecular weight excluding hydrogens is 447 g/mol. The average molecular weight is 471 g/mol. The third-order valence-corrected chi connectivity index (χ3v) is 9.98. The molecule has 0 saturated carbocycles. The number of sulfone groups is 1. The number of fused-ring (bicyclic) bond motifs is 3. The number of halogens is 1. The number of hydrogen-bond donors (Lipinski definition) is 2. The SMILES string of the molecule is COc1cnc2c(Nc3ccc(F)c([C@@]4(C)N=C(N)[C@@]5(C)CC[C@@H]4S5(=O)=O)c3)ncnc2c1. The Morgan fingerprint density at radius 1 is 1.21 bits per heavy atom. The van der Waals surface area contributed by atoms with Gasteiger partial charge in [-0.05, 0) is 44.9 Å². The fraction of sp³-hybridized carbons (Fsp3) is 0.364. The van der Waals surface area contributed by atoms with Gasteiger partial charge in [0, 0.05) is 17.3 Å². The Morgan fingerprint density at radius 2 is 2.00 bits per heavy atom. The number of nitrogens with zero attached hydrogens (tertiary/aromatic N) is 4. The third-order valence-electron chi connectivity index (χ3n) is 6.87. The van der Waals surface area contributed by atoms with Crippen molar-refractivity contribution in [2.24, 2.45) is 10.7 Å². The van der Waals surface area contributed by atoms with Crippen LogP contribution in [0.2, 0.25) is 0 Å². The van der Waals surface area contributed by atoms with Crippen LogP contribution in [-0.2, 0) is 15.4 Å².